The number of rotatable bonds is 2. The smallest absolute Gasteiger partial charge is 0.0438 e. The summed E-state index contributed by atoms with van der Waals surface area (Å²) >= 11 is 6.15. The lowest BCUT2D eigenvalue weighted by molar-refractivity contribution is 0.580. The summed E-state index contributed by atoms with van der Waals surface area (Å²) in [6, 6.07) is 6.29. The van der Waals surface area contributed by atoms with Gasteiger partial charge in [-0.05, 0) is 50.4 Å². The quantitative estimate of drug-likeness (QED) is 0.790. The number of hydrogen-bond acceptors (Lipinski definition) is 1. The van der Waals surface area contributed by atoms with Crippen molar-refractivity contribution in [2.45, 2.75) is 19.8 Å². The van der Waals surface area contributed by atoms with Crippen molar-refractivity contribution in [2.24, 2.45) is 5.92 Å². The third-order valence-corrected chi connectivity index (χ3v) is 3.24. The summed E-state index contributed by atoms with van der Waals surface area (Å²) in [4.78, 5) is 0. The van der Waals surface area contributed by atoms with Crippen LogP contribution in [-0.2, 0) is 6.42 Å². The van der Waals surface area contributed by atoms with Gasteiger partial charge in [-0.15, -0.1) is 0 Å². The van der Waals surface area contributed by atoms with Gasteiger partial charge in [0.2, 0.25) is 0 Å². The predicted molar refractivity (Wildman–Crippen MR) is 60.9 cm³/mol. The van der Waals surface area contributed by atoms with E-state index in [2.05, 4.69) is 24.4 Å². The van der Waals surface area contributed by atoms with Gasteiger partial charge in [-0.3, -0.25) is 0 Å². The molecule has 14 heavy (non-hydrogen) atoms. The normalized spacial score (nSPS) is 21.4. The molecule has 0 aromatic heterocycles. The number of hydrogen-bond donors (Lipinski definition) is 1. The van der Waals surface area contributed by atoms with Gasteiger partial charge >= 0.3 is 0 Å². The molecular formula is C12H16ClN. The predicted octanol–water partition coefficient (Wildman–Crippen LogP) is 2.80. The Morgan fingerprint density at radius 3 is 3.07 bits per heavy atom. The Kier molecular flexibility index (Phi) is 3.09. The van der Waals surface area contributed by atoms with Crippen molar-refractivity contribution >= 4 is 11.6 Å². The molecule has 1 fully saturated rings. The Balaban J connectivity index is 2.10. The van der Waals surface area contributed by atoms with Crippen LogP contribution in [0.5, 0.6) is 0 Å². The Morgan fingerprint density at radius 1 is 1.50 bits per heavy atom. The van der Waals surface area contributed by atoms with Gasteiger partial charge in [-0.2, -0.15) is 0 Å². The average molecular weight is 210 g/mol. The molecule has 1 nitrogen and oxygen atoms in total. The number of benzene rings is 1. The lowest BCUT2D eigenvalue weighted by Gasteiger charge is -2.10. The van der Waals surface area contributed by atoms with Crippen molar-refractivity contribution < 1.29 is 0 Å². The fourth-order valence-electron chi connectivity index (χ4n) is 2.06. The van der Waals surface area contributed by atoms with Crippen molar-refractivity contribution in [1.82, 2.24) is 5.32 Å². The third-order valence-electron chi connectivity index (χ3n) is 2.87. The van der Waals surface area contributed by atoms with Crippen molar-refractivity contribution in [2.75, 3.05) is 13.1 Å². The first-order valence-electron chi connectivity index (χ1n) is 5.21. The minimum absolute atomic E-state index is 0.772. The first kappa shape index (κ1) is 10.0. The molecule has 1 heterocycles. The van der Waals surface area contributed by atoms with Gasteiger partial charge in [0.15, 0.2) is 0 Å². The van der Waals surface area contributed by atoms with Crippen LogP contribution in [0, 0.1) is 12.8 Å². The standard InChI is InChI=1S/C12H16ClN/c1-9-2-3-12(13)11(6-9)7-10-4-5-14-8-10/h2-3,6,10,14H,4-5,7-8H2,1H3. The van der Waals surface area contributed by atoms with Crippen LogP contribution < -0.4 is 5.32 Å². The molecule has 1 saturated heterocycles. The first-order valence-corrected chi connectivity index (χ1v) is 5.59. The molecule has 1 N–H and O–H groups in total. The molecule has 1 aromatic rings. The maximum absolute atomic E-state index is 6.15. The zero-order valence-electron chi connectivity index (χ0n) is 8.52. The van der Waals surface area contributed by atoms with E-state index in [4.69, 9.17) is 11.6 Å². The highest BCUT2D eigenvalue weighted by atomic mass is 35.5. The summed E-state index contributed by atoms with van der Waals surface area (Å²) in [7, 11) is 0. The molecule has 1 aliphatic rings. The van der Waals surface area contributed by atoms with Gasteiger partial charge in [0, 0.05) is 5.02 Å². The van der Waals surface area contributed by atoms with E-state index in [1.54, 1.807) is 0 Å². The molecule has 0 saturated carbocycles. The summed E-state index contributed by atoms with van der Waals surface area (Å²) in [6.07, 6.45) is 2.40. The van der Waals surface area contributed by atoms with Crippen molar-refractivity contribution in [3.63, 3.8) is 0 Å². The maximum Gasteiger partial charge on any atom is 0.0438 e. The molecule has 0 radical (unpaired) electrons. The molecule has 1 aliphatic heterocycles. The molecule has 76 valence electrons. The van der Waals surface area contributed by atoms with Gasteiger partial charge in [0.25, 0.3) is 0 Å². The Bertz CT molecular complexity index is 316. The number of nitrogens with one attached hydrogen (secondary N) is 1. The summed E-state index contributed by atoms with van der Waals surface area (Å²) in [5.74, 6) is 0.772. The van der Waals surface area contributed by atoms with E-state index in [0.717, 1.165) is 30.5 Å². The second-order valence-electron chi connectivity index (χ2n) is 4.16. The van der Waals surface area contributed by atoms with E-state index in [1.807, 2.05) is 6.07 Å². The Morgan fingerprint density at radius 2 is 2.36 bits per heavy atom. The minimum Gasteiger partial charge on any atom is -0.316 e. The molecule has 2 heteroatoms. The van der Waals surface area contributed by atoms with E-state index >= 15 is 0 Å². The lowest BCUT2D eigenvalue weighted by Crippen LogP contribution is -2.11. The van der Waals surface area contributed by atoms with Crippen LogP contribution in [0.15, 0.2) is 18.2 Å². The molecule has 2 rings (SSSR count). The van der Waals surface area contributed by atoms with Gasteiger partial charge < -0.3 is 5.32 Å². The Labute approximate surface area is 90.5 Å². The summed E-state index contributed by atoms with van der Waals surface area (Å²) < 4.78 is 0. The van der Waals surface area contributed by atoms with E-state index in [0.29, 0.717) is 0 Å². The van der Waals surface area contributed by atoms with Gasteiger partial charge in [0.05, 0.1) is 0 Å². The SMILES string of the molecule is Cc1ccc(Cl)c(CC2CCNC2)c1. The van der Waals surface area contributed by atoms with Crippen LogP contribution in [0.1, 0.15) is 17.5 Å². The molecule has 0 aliphatic carbocycles. The highest BCUT2D eigenvalue weighted by Gasteiger charge is 2.15. The van der Waals surface area contributed by atoms with Crippen LogP contribution in [0.4, 0.5) is 0 Å². The minimum atomic E-state index is 0.772. The van der Waals surface area contributed by atoms with Crippen molar-refractivity contribution in [1.29, 1.82) is 0 Å². The monoisotopic (exact) mass is 209 g/mol. The maximum atomic E-state index is 6.15. The summed E-state index contributed by atoms with van der Waals surface area (Å²) in [5.41, 5.74) is 2.61. The van der Waals surface area contributed by atoms with Crippen LogP contribution in [0.3, 0.4) is 0 Å². The molecule has 1 aromatic carbocycles. The van der Waals surface area contributed by atoms with Crippen molar-refractivity contribution in [3.05, 3.63) is 34.3 Å². The first-order chi connectivity index (χ1) is 6.75. The van der Waals surface area contributed by atoms with Crippen LogP contribution in [-0.4, -0.2) is 13.1 Å². The molecule has 1 unspecified atom stereocenters. The zero-order valence-corrected chi connectivity index (χ0v) is 9.27. The Hall–Kier alpha value is -0.530. The fraction of sp³-hybridized carbons (Fsp3) is 0.500. The van der Waals surface area contributed by atoms with E-state index < -0.39 is 0 Å². The summed E-state index contributed by atoms with van der Waals surface area (Å²) in [6.45, 7) is 4.42. The highest BCUT2D eigenvalue weighted by molar-refractivity contribution is 6.31. The van der Waals surface area contributed by atoms with Gasteiger partial charge in [0.1, 0.15) is 0 Å². The van der Waals surface area contributed by atoms with Gasteiger partial charge in [-0.25, -0.2) is 0 Å². The lowest BCUT2D eigenvalue weighted by atomic mass is 9.97. The zero-order chi connectivity index (χ0) is 9.97. The van der Waals surface area contributed by atoms with E-state index in [-0.39, 0.29) is 0 Å². The molecular weight excluding hydrogens is 194 g/mol. The molecule has 1 atom stereocenters. The third kappa shape index (κ3) is 2.28. The van der Waals surface area contributed by atoms with Gasteiger partial charge in [-0.1, -0.05) is 29.3 Å². The number of aryl methyl sites for hydroxylation is 1. The highest BCUT2D eigenvalue weighted by Crippen LogP contribution is 2.22. The largest absolute Gasteiger partial charge is 0.316 e. The van der Waals surface area contributed by atoms with Crippen LogP contribution in [0.25, 0.3) is 0 Å². The average Bonchev–Trinajstić information content (AvgIpc) is 2.64. The topological polar surface area (TPSA) is 12.0 Å². The van der Waals surface area contributed by atoms with E-state index in [9.17, 15) is 0 Å². The molecule has 0 bridgehead atoms. The second kappa shape index (κ2) is 4.33. The fourth-order valence-corrected chi connectivity index (χ4v) is 2.25. The van der Waals surface area contributed by atoms with Crippen LogP contribution >= 0.6 is 11.6 Å². The van der Waals surface area contributed by atoms with Crippen LogP contribution in [0.2, 0.25) is 5.02 Å². The van der Waals surface area contributed by atoms with Crippen molar-refractivity contribution in [3.8, 4) is 0 Å². The summed E-state index contributed by atoms with van der Waals surface area (Å²) in [5, 5.41) is 4.30. The number of halogens is 1. The van der Waals surface area contributed by atoms with E-state index in [1.165, 1.54) is 17.5 Å². The molecule has 0 spiro atoms. The second-order valence-corrected chi connectivity index (χ2v) is 4.57. The molecule has 0 amide bonds.